The van der Waals surface area contributed by atoms with Crippen LogP contribution in [0, 0.1) is 35.5 Å². The molecule has 28 heteroatoms. The average Bonchev–Trinajstić information content (AvgIpc) is 3.77. The lowest BCUT2D eigenvalue weighted by molar-refractivity contribution is -0.327. The largest absolute Gasteiger partial charge is 0.468 e. The van der Waals surface area contributed by atoms with Crippen LogP contribution >= 0.6 is 0 Å². The second-order valence-corrected chi connectivity index (χ2v) is 20.0. The highest BCUT2D eigenvalue weighted by molar-refractivity contribution is 5.91. The number of carbonyl (C=O) groups is 4. The van der Waals surface area contributed by atoms with Gasteiger partial charge >= 0.3 is 23.9 Å². The van der Waals surface area contributed by atoms with Crippen molar-refractivity contribution >= 4 is 23.9 Å². The summed E-state index contributed by atoms with van der Waals surface area (Å²) in [5.74, 6) is -7.95. The van der Waals surface area contributed by atoms with Crippen molar-refractivity contribution in [3.05, 3.63) is 47.0 Å². The molecule has 6 rings (SSSR count). The van der Waals surface area contributed by atoms with Gasteiger partial charge in [-0.25, -0.2) is 9.59 Å². The van der Waals surface area contributed by atoms with Crippen LogP contribution in [0.3, 0.4) is 0 Å². The van der Waals surface area contributed by atoms with Gasteiger partial charge in [-0.05, 0) is 38.0 Å². The molecule has 0 unspecified atom stereocenters. The number of methoxy groups -OCH3 is 2. The van der Waals surface area contributed by atoms with Crippen LogP contribution in [0.1, 0.15) is 47.0 Å². The van der Waals surface area contributed by atoms with E-state index in [-0.39, 0.29) is 41.9 Å². The highest BCUT2D eigenvalue weighted by Gasteiger charge is 2.51. The van der Waals surface area contributed by atoms with Crippen LogP contribution in [0.4, 0.5) is 0 Å². The molecule has 24 atom stereocenters. The van der Waals surface area contributed by atoms with Gasteiger partial charge in [0.2, 0.25) is 12.6 Å². The van der Waals surface area contributed by atoms with Gasteiger partial charge in [0.15, 0.2) is 18.9 Å². The van der Waals surface area contributed by atoms with Gasteiger partial charge in [-0.15, -0.1) is 0 Å². The van der Waals surface area contributed by atoms with E-state index in [0.29, 0.717) is 0 Å². The molecule has 4 fully saturated rings. The van der Waals surface area contributed by atoms with E-state index in [0.717, 1.165) is 26.7 Å². The van der Waals surface area contributed by atoms with Crippen LogP contribution in [0.15, 0.2) is 47.0 Å². The zero-order valence-corrected chi connectivity index (χ0v) is 43.7. The molecule has 1 aliphatic carbocycles. The molecule has 28 nitrogen and oxygen atoms in total. The fourth-order valence-electron chi connectivity index (χ4n) is 10.6. The Morgan fingerprint density at radius 1 is 0.615 bits per heavy atom. The van der Waals surface area contributed by atoms with Crippen molar-refractivity contribution in [3.8, 4) is 0 Å². The molecule has 0 spiro atoms. The fraction of sp³-hybridized carbons (Fsp3) is 0.760. The summed E-state index contributed by atoms with van der Waals surface area (Å²) in [5, 5.41) is 123. The number of hydrogen-bond donors (Lipinski definition) is 12. The number of ether oxygens (including phenoxy) is 12. The molecule has 0 aromatic rings. The fourth-order valence-corrected chi connectivity index (χ4v) is 10.6. The van der Waals surface area contributed by atoms with Crippen molar-refractivity contribution in [2.45, 2.75) is 158 Å². The molecule has 0 bridgehead atoms. The first-order valence-corrected chi connectivity index (χ1v) is 25.5. The molecule has 442 valence electrons. The van der Waals surface area contributed by atoms with E-state index in [1.165, 1.54) is 12.2 Å². The minimum absolute atomic E-state index is 0.121. The quantitative estimate of drug-likeness (QED) is 0.0311. The molecule has 12 N–H and O–H groups in total. The smallest absolute Gasteiger partial charge is 0.337 e. The van der Waals surface area contributed by atoms with Gasteiger partial charge in [0.05, 0.1) is 83.8 Å². The maximum absolute atomic E-state index is 14.2. The van der Waals surface area contributed by atoms with Crippen molar-refractivity contribution < 1.29 is 137 Å². The molecule has 3 saturated heterocycles. The van der Waals surface area contributed by atoms with E-state index >= 15 is 0 Å². The number of rotatable bonds is 20. The minimum atomic E-state index is -1.82. The van der Waals surface area contributed by atoms with Crippen LogP contribution in [0.25, 0.3) is 0 Å². The van der Waals surface area contributed by atoms with E-state index in [1.54, 1.807) is 27.7 Å². The molecule has 5 aliphatic heterocycles. The predicted octanol–water partition coefficient (Wildman–Crippen LogP) is -4.47. The van der Waals surface area contributed by atoms with Gasteiger partial charge in [0.1, 0.15) is 79.4 Å². The Bertz CT molecular complexity index is 2160. The van der Waals surface area contributed by atoms with Crippen molar-refractivity contribution in [3.63, 3.8) is 0 Å². The highest BCUT2D eigenvalue weighted by Crippen LogP contribution is 2.45. The molecule has 1 saturated carbocycles. The first-order chi connectivity index (χ1) is 37.1. The summed E-state index contributed by atoms with van der Waals surface area (Å²) in [6.45, 7) is 3.89. The van der Waals surface area contributed by atoms with E-state index < -0.39 is 203 Å². The summed E-state index contributed by atoms with van der Waals surface area (Å²) >= 11 is 0. The lowest BCUT2D eigenvalue weighted by atomic mass is 9.83. The maximum Gasteiger partial charge on any atom is 0.337 e. The summed E-state index contributed by atoms with van der Waals surface area (Å²) in [7, 11) is 2.21. The minimum Gasteiger partial charge on any atom is -0.468 e. The number of hydrogen-bond acceptors (Lipinski definition) is 28. The lowest BCUT2D eigenvalue weighted by Gasteiger charge is -2.42. The number of esters is 4. The monoisotopic (exact) mass is 1120 g/mol. The molecular formula is C50H74O28. The molecule has 0 aromatic heterocycles. The lowest BCUT2D eigenvalue weighted by Crippen LogP contribution is -2.60. The Morgan fingerprint density at radius 2 is 1.03 bits per heavy atom. The average molecular weight is 1120 g/mol. The summed E-state index contributed by atoms with van der Waals surface area (Å²) in [6.07, 6.45) is -24.3. The third-order valence-corrected chi connectivity index (χ3v) is 15.3. The Kier molecular flexibility index (Phi) is 22.5. The Balaban J connectivity index is 1.20. The van der Waals surface area contributed by atoms with Crippen LogP contribution in [0.2, 0.25) is 0 Å². The van der Waals surface area contributed by atoms with Gasteiger partial charge in [-0.3, -0.25) is 9.59 Å². The molecule has 0 radical (unpaired) electrons. The third-order valence-electron chi connectivity index (χ3n) is 15.3. The van der Waals surface area contributed by atoms with Gasteiger partial charge in [0, 0.05) is 28.9 Å². The Labute approximate surface area is 447 Å². The molecule has 5 heterocycles. The van der Waals surface area contributed by atoms with Gasteiger partial charge in [-0.1, -0.05) is 26.0 Å². The molecule has 0 amide bonds. The van der Waals surface area contributed by atoms with Gasteiger partial charge < -0.3 is 118 Å². The van der Waals surface area contributed by atoms with Crippen LogP contribution in [-0.2, 0) is 76.0 Å². The molecule has 6 aliphatic rings. The number of carbonyl (C=O) groups excluding carboxylic acids is 4. The Hall–Kier alpha value is -4.28. The van der Waals surface area contributed by atoms with Gasteiger partial charge in [0.25, 0.3) is 0 Å². The van der Waals surface area contributed by atoms with E-state index in [9.17, 15) is 80.5 Å². The SMILES string of the molecule is C/C=C1\[C@H](O[C@@H]2O[C@H](CO)[C@@H](O)[C@H](O)[C@H]2O)OC=C(C(=O)OC)[C@H]1CC(=O)O[C@H]1C[C@@H]([C@@H](C)CO[C@@H]2O[C@H](CO)[C@@H](O)[C@H](O)[C@H]2O)[C@H](COC(=O)C[C@@H]2C(C(=O)OC)=CO[C@@H](O[C@@H]3O[C@H](CO)[C@@H](O)[C@H](O)[C@H]3O)/C2=C/C)[C@H]1C. The number of aliphatic hydroxyl groups is 12. The highest BCUT2D eigenvalue weighted by atomic mass is 16.8. The van der Waals surface area contributed by atoms with E-state index in [1.807, 2.05) is 0 Å². The summed E-state index contributed by atoms with van der Waals surface area (Å²) in [6, 6.07) is 0. The van der Waals surface area contributed by atoms with Crippen LogP contribution in [0.5, 0.6) is 0 Å². The summed E-state index contributed by atoms with van der Waals surface area (Å²) < 4.78 is 67.6. The van der Waals surface area contributed by atoms with E-state index in [2.05, 4.69) is 0 Å². The van der Waals surface area contributed by atoms with Crippen molar-refractivity contribution in [2.75, 3.05) is 47.3 Å². The van der Waals surface area contributed by atoms with E-state index in [4.69, 9.17) is 56.8 Å². The molecular weight excluding hydrogens is 1050 g/mol. The topological polar surface area (TPSA) is 422 Å². The summed E-state index contributed by atoms with van der Waals surface area (Å²) in [5.41, 5.74) is 0.0691. The van der Waals surface area contributed by atoms with Crippen molar-refractivity contribution in [2.24, 2.45) is 35.5 Å². The first kappa shape index (κ1) is 62.9. The third kappa shape index (κ3) is 13.7. The second-order valence-electron chi connectivity index (χ2n) is 20.0. The molecule has 0 aromatic carbocycles. The van der Waals surface area contributed by atoms with Gasteiger partial charge in [-0.2, -0.15) is 0 Å². The van der Waals surface area contributed by atoms with Crippen LogP contribution < -0.4 is 0 Å². The van der Waals surface area contributed by atoms with Crippen molar-refractivity contribution in [1.29, 1.82) is 0 Å². The molecule has 78 heavy (non-hydrogen) atoms. The maximum atomic E-state index is 14.2. The van der Waals surface area contributed by atoms with Crippen LogP contribution in [-0.4, -0.2) is 243 Å². The predicted molar refractivity (Wildman–Crippen MR) is 254 cm³/mol. The normalized spacial score (nSPS) is 41.4. The standard InChI is InChI=1S/C50H74O28/c1-7-21-24(27(44(65)67-5)17-71-46(21)77-49-42(63)39(60)36(57)31(13-52)75-49)10-33(54)69-16-26-20(4)29(9-23(26)19(3)15-70-48-41(62)38(59)35(56)30(12-51)74-48)73-34(55)11-25-22(8-2)47(72-18-28(25)45(66)68-6)78-50-43(64)40(61)37(58)32(14-53)76-50/h7-8,17-20,23-26,29-32,35-43,46-53,56-64H,9-16H2,1-6H3/b21-7+,22-8-/t19-,20+,23-,24-,25-,26+,29-,30+,31+,32+,35+,36+,37+,38-,39-,40-,41+,42+,43+,46-,47-,48+,49-,50-/m0/s1. The zero-order chi connectivity index (χ0) is 57.4. The second kappa shape index (κ2) is 27.9. The van der Waals surface area contributed by atoms with Crippen molar-refractivity contribution in [1.82, 2.24) is 0 Å². The first-order valence-electron chi connectivity index (χ1n) is 25.5. The number of allylic oxidation sites excluding steroid dienone is 2. The number of aliphatic hydroxyl groups excluding tert-OH is 12. The zero-order valence-electron chi connectivity index (χ0n) is 43.7. The Morgan fingerprint density at radius 3 is 1.44 bits per heavy atom. The summed E-state index contributed by atoms with van der Waals surface area (Å²) in [4.78, 5) is 54.4.